The number of carbonyl (C=O) groups is 3. The quantitative estimate of drug-likeness (QED) is 0.0261. The van der Waals surface area contributed by atoms with Gasteiger partial charge >= 0.3 is 17.9 Å². The summed E-state index contributed by atoms with van der Waals surface area (Å²) in [7, 11) is 0. The molecule has 464 valence electrons. The lowest BCUT2D eigenvalue weighted by Crippen LogP contribution is -2.30. The van der Waals surface area contributed by atoms with Crippen molar-refractivity contribution in [3.8, 4) is 0 Å². The summed E-state index contributed by atoms with van der Waals surface area (Å²) in [6.45, 7) is 6.31. The molecular weight excluding hydrogens is 1020 g/mol. The molecule has 6 heteroatoms. The zero-order valence-electron chi connectivity index (χ0n) is 53.1. The molecule has 0 aromatic rings. The van der Waals surface area contributed by atoms with E-state index < -0.39 is 6.10 Å². The Morgan fingerprint density at radius 3 is 0.771 bits per heavy atom. The van der Waals surface area contributed by atoms with E-state index in [1.165, 1.54) is 70.6 Å². The lowest BCUT2D eigenvalue weighted by atomic mass is 10.1. The highest BCUT2D eigenvalue weighted by molar-refractivity contribution is 5.71. The van der Waals surface area contributed by atoms with E-state index in [4.69, 9.17) is 14.2 Å². The Bertz CT molecular complexity index is 1940. The van der Waals surface area contributed by atoms with Crippen molar-refractivity contribution in [1.82, 2.24) is 0 Å². The van der Waals surface area contributed by atoms with Crippen LogP contribution in [0.3, 0.4) is 0 Å². The number of rotatable bonds is 58. The summed E-state index contributed by atoms with van der Waals surface area (Å²) in [4.78, 5) is 38.4. The standard InChI is InChI=1S/C77H120O6/c1-4-7-10-13-16-19-22-25-28-30-32-33-34-35-36-37-38-39-40-41-42-43-45-46-49-52-55-58-61-64-67-70-76(79)82-73-74(72-81-75(78)69-66-63-60-57-54-51-48-27-24-21-18-15-12-9-6-3)83-77(80)71-68-65-62-59-56-53-50-47-44-31-29-26-23-20-17-14-11-8-5-2/h7,9-10,12,16-21,25-29,32-33,35-36,38-39,41-42,45-46,48,52,54-55,57,74H,4-6,8,11,13-15,22-24,30-31,34,37,40,43-44,47,49-51,53,56,58-73H2,1-3H3/b10-7-,12-9-,19-16-,20-17-,21-18-,28-25-,29-26-,33-32-,36-35-,39-38-,42-41-,46-45-,48-27-,55-52-,57-54-. The lowest BCUT2D eigenvalue weighted by molar-refractivity contribution is -0.167. The van der Waals surface area contributed by atoms with Gasteiger partial charge in [-0.15, -0.1) is 0 Å². The van der Waals surface area contributed by atoms with Crippen molar-refractivity contribution in [3.05, 3.63) is 182 Å². The van der Waals surface area contributed by atoms with Gasteiger partial charge in [0.05, 0.1) is 0 Å². The molecule has 0 heterocycles. The summed E-state index contributed by atoms with van der Waals surface area (Å²) < 4.78 is 16.9. The topological polar surface area (TPSA) is 78.9 Å². The van der Waals surface area contributed by atoms with Crippen molar-refractivity contribution in [2.24, 2.45) is 0 Å². The van der Waals surface area contributed by atoms with Gasteiger partial charge in [-0.2, -0.15) is 0 Å². The van der Waals surface area contributed by atoms with Crippen LogP contribution in [-0.4, -0.2) is 37.2 Å². The van der Waals surface area contributed by atoms with Crippen molar-refractivity contribution < 1.29 is 28.6 Å². The Balaban J connectivity index is 4.48. The van der Waals surface area contributed by atoms with Crippen LogP contribution < -0.4 is 0 Å². The number of unbranched alkanes of at least 4 members (excludes halogenated alkanes) is 17. The molecule has 0 saturated carbocycles. The number of ether oxygens (including phenoxy) is 3. The first kappa shape index (κ1) is 77.5. The molecule has 0 aromatic carbocycles. The Kier molecular flexibility index (Phi) is 64.4. The number of carbonyl (C=O) groups excluding carboxylic acids is 3. The fourth-order valence-corrected chi connectivity index (χ4v) is 8.46. The van der Waals surface area contributed by atoms with Gasteiger partial charge in [0, 0.05) is 19.3 Å². The minimum absolute atomic E-state index is 0.119. The summed E-state index contributed by atoms with van der Waals surface area (Å²) >= 11 is 0. The van der Waals surface area contributed by atoms with Crippen LogP contribution in [0.15, 0.2) is 182 Å². The molecule has 0 aliphatic carbocycles. The lowest BCUT2D eigenvalue weighted by Gasteiger charge is -2.18. The van der Waals surface area contributed by atoms with Gasteiger partial charge in [0.25, 0.3) is 0 Å². The monoisotopic (exact) mass is 1140 g/mol. The molecule has 0 aromatic heterocycles. The Morgan fingerprint density at radius 2 is 0.470 bits per heavy atom. The van der Waals surface area contributed by atoms with Crippen molar-refractivity contribution in [3.63, 3.8) is 0 Å². The van der Waals surface area contributed by atoms with Crippen LogP contribution in [0.1, 0.15) is 265 Å². The highest BCUT2D eigenvalue weighted by Crippen LogP contribution is 2.14. The highest BCUT2D eigenvalue weighted by Gasteiger charge is 2.19. The first-order valence-electron chi connectivity index (χ1n) is 33.3. The van der Waals surface area contributed by atoms with Crippen molar-refractivity contribution in [1.29, 1.82) is 0 Å². The molecule has 0 radical (unpaired) electrons. The van der Waals surface area contributed by atoms with Crippen LogP contribution in [0.5, 0.6) is 0 Å². The summed E-state index contributed by atoms with van der Waals surface area (Å²) in [6.07, 6.45) is 103. The fourth-order valence-electron chi connectivity index (χ4n) is 8.46. The molecule has 6 nitrogen and oxygen atoms in total. The minimum atomic E-state index is -0.823. The second-order valence-corrected chi connectivity index (χ2v) is 21.3. The van der Waals surface area contributed by atoms with Gasteiger partial charge < -0.3 is 14.2 Å². The number of hydrogen-bond acceptors (Lipinski definition) is 6. The van der Waals surface area contributed by atoms with Crippen LogP contribution >= 0.6 is 0 Å². The molecule has 83 heavy (non-hydrogen) atoms. The number of esters is 3. The second-order valence-electron chi connectivity index (χ2n) is 21.3. The van der Waals surface area contributed by atoms with E-state index in [0.717, 1.165) is 148 Å². The molecule has 1 unspecified atom stereocenters. The zero-order valence-corrected chi connectivity index (χ0v) is 53.1. The zero-order chi connectivity index (χ0) is 59.9. The third-order valence-corrected chi connectivity index (χ3v) is 13.4. The van der Waals surface area contributed by atoms with E-state index in [0.29, 0.717) is 25.7 Å². The predicted octanol–water partition coefficient (Wildman–Crippen LogP) is 23.2. The molecular formula is C77H120O6. The van der Waals surface area contributed by atoms with E-state index in [1.54, 1.807) is 0 Å². The first-order valence-corrected chi connectivity index (χ1v) is 33.3. The van der Waals surface area contributed by atoms with Crippen molar-refractivity contribution in [2.45, 2.75) is 271 Å². The van der Waals surface area contributed by atoms with E-state index >= 15 is 0 Å². The molecule has 0 aliphatic heterocycles. The maximum atomic E-state index is 12.9. The van der Waals surface area contributed by atoms with Gasteiger partial charge in [-0.1, -0.05) is 267 Å². The second kappa shape index (κ2) is 69.0. The molecule has 0 amide bonds. The smallest absolute Gasteiger partial charge is 0.306 e. The van der Waals surface area contributed by atoms with E-state index in [1.807, 2.05) is 0 Å². The third-order valence-electron chi connectivity index (χ3n) is 13.4. The Morgan fingerprint density at radius 1 is 0.253 bits per heavy atom. The molecule has 0 fully saturated rings. The normalized spacial score (nSPS) is 13.3. The Labute approximate surface area is 510 Å². The van der Waals surface area contributed by atoms with Crippen molar-refractivity contribution in [2.75, 3.05) is 13.2 Å². The van der Waals surface area contributed by atoms with Crippen molar-refractivity contribution >= 4 is 17.9 Å². The SMILES string of the molecule is CC/C=C\C/C=C\C/C=C\C/C=C\C/C=C\C/C=C\C/C=C\C/C=C\C/C=C\CCCCCC(=O)OCC(COC(=O)CCCC/C=C\C/C=C\C/C=C\C/C=C\CC)OC(=O)CCCCCCCCCCC/C=C\C/C=C\CCCCC. The molecule has 1 atom stereocenters. The fraction of sp³-hybridized carbons (Fsp3) is 0.571. The van der Waals surface area contributed by atoms with Gasteiger partial charge in [-0.05, 0) is 161 Å². The van der Waals surface area contributed by atoms with Crippen LogP contribution in [0.2, 0.25) is 0 Å². The van der Waals surface area contributed by atoms with E-state index in [-0.39, 0.29) is 31.1 Å². The van der Waals surface area contributed by atoms with Crippen LogP contribution in [0, 0.1) is 0 Å². The molecule has 0 N–H and O–H groups in total. The largest absolute Gasteiger partial charge is 0.462 e. The predicted molar refractivity (Wildman–Crippen MR) is 361 cm³/mol. The number of allylic oxidation sites excluding steroid dienone is 30. The van der Waals surface area contributed by atoms with Gasteiger partial charge in [-0.3, -0.25) is 14.4 Å². The van der Waals surface area contributed by atoms with E-state index in [2.05, 4.69) is 203 Å². The maximum Gasteiger partial charge on any atom is 0.306 e. The molecule has 0 saturated heterocycles. The average molecular weight is 1140 g/mol. The van der Waals surface area contributed by atoms with Crippen LogP contribution in [0.4, 0.5) is 0 Å². The highest BCUT2D eigenvalue weighted by atomic mass is 16.6. The molecule has 0 bridgehead atoms. The molecule has 0 rings (SSSR count). The molecule has 0 aliphatic rings. The summed E-state index contributed by atoms with van der Waals surface area (Å²) in [5.41, 5.74) is 0. The summed E-state index contributed by atoms with van der Waals surface area (Å²) in [5.74, 6) is -1.000. The number of hydrogen-bond donors (Lipinski definition) is 0. The van der Waals surface area contributed by atoms with Crippen LogP contribution in [-0.2, 0) is 28.6 Å². The van der Waals surface area contributed by atoms with Crippen LogP contribution in [0.25, 0.3) is 0 Å². The summed E-state index contributed by atoms with van der Waals surface area (Å²) in [5, 5.41) is 0. The maximum absolute atomic E-state index is 12.9. The molecule has 0 spiro atoms. The first-order chi connectivity index (χ1) is 41.0. The van der Waals surface area contributed by atoms with Gasteiger partial charge in [0.1, 0.15) is 13.2 Å². The average Bonchev–Trinajstić information content (AvgIpc) is 3.49. The Hall–Kier alpha value is -5.49. The summed E-state index contributed by atoms with van der Waals surface area (Å²) in [6, 6.07) is 0. The van der Waals surface area contributed by atoms with Gasteiger partial charge in [-0.25, -0.2) is 0 Å². The van der Waals surface area contributed by atoms with Gasteiger partial charge in [0.2, 0.25) is 0 Å². The minimum Gasteiger partial charge on any atom is -0.462 e. The third kappa shape index (κ3) is 67.2. The van der Waals surface area contributed by atoms with Gasteiger partial charge in [0.15, 0.2) is 6.10 Å². The van der Waals surface area contributed by atoms with E-state index in [9.17, 15) is 14.4 Å².